The summed E-state index contributed by atoms with van der Waals surface area (Å²) in [4.78, 5) is 0.300. The molecule has 0 bridgehead atoms. The van der Waals surface area contributed by atoms with Crippen LogP contribution < -0.4 is 3.97 Å². The minimum Gasteiger partial charge on any atom is -0.158 e. The second-order valence-electron chi connectivity index (χ2n) is 3.52. The average Bonchev–Trinajstić information content (AvgIpc) is 2.31. The quantitative estimate of drug-likeness (QED) is 0.739. The van der Waals surface area contributed by atoms with E-state index >= 15 is 0 Å². The van der Waals surface area contributed by atoms with Gasteiger partial charge in [-0.3, -0.25) is 0 Å². The van der Waals surface area contributed by atoms with Gasteiger partial charge in [-0.25, -0.2) is 0 Å². The van der Waals surface area contributed by atoms with Gasteiger partial charge in [0, 0.05) is 12.1 Å². The molecule has 1 heterocycles. The van der Waals surface area contributed by atoms with Gasteiger partial charge < -0.3 is 0 Å². The van der Waals surface area contributed by atoms with E-state index in [-0.39, 0.29) is 0 Å². The molecule has 0 aliphatic rings. The van der Waals surface area contributed by atoms with Crippen LogP contribution in [0.15, 0.2) is 59.8 Å². The fourth-order valence-electron chi connectivity index (χ4n) is 1.38. The Kier molecular flexibility index (Phi) is 2.75. The van der Waals surface area contributed by atoms with Crippen LogP contribution in [0.1, 0.15) is 5.56 Å². The van der Waals surface area contributed by atoms with Crippen LogP contribution in [0.3, 0.4) is 0 Å². The van der Waals surface area contributed by atoms with E-state index in [2.05, 4.69) is 0 Å². The summed E-state index contributed by atoms with van der Waals surface area (Å²) in [6.07, 6.45) is 3.05. The van der Waals surface area contributed by atoms with Crippen molar-refractivity contribution in [2.75, 3.05) is 0 Å². The van der Waals surface area contributed by atoms with Crippen molar-refractivity contribution in [1.29, 1.82) is 0 Å². The van der Waals surface area contributed by atoms with Gasteiger partial charge in [0.15, 0.2) is 12.4 Å². The topological polar surface area (TPSA) is 38.0 Å². The molecular formula is C12H12NO2S+. The van der Waals surface area contributed by atoms with Gasteiger partial charge in [-0.05, 0) is 19.1 Å². The summed E-state index contributed by atoms with van der Waals surface area (Å²) in [5.74, 6) is 0. The fourth-order valence-corrected chi connectivity index (χ4v) is 2.56. The lowest BCUT2D eigenvalue weighted by molar-refractivity contribution is -0.511. The van der Waals surface area contributed by atoms with Gasteiger partial charge >= 0.3 is 10.0 Å². The molecule has 0 saturated heterocycles. The van der Waals surface area contributed by atoms with Crippen LogP contribution in [0.2, 0.25) is 0 Å². The van der Waals surface area contributed by atoms with Crippen LogP contribution in [0, 0.1) is 6.92 Å². The lowest BCUT2D eigenvalue weighted by Gasteiger charge is -1.99. The number of hydrogen-bond acceptors (Lipinski definition) is 2. The summed E-state index contributed by atoms with van der Waals surface area (Å²) in [6.45, 7) is 1.92. The highest BCUT2D eigenvalue weighted by atomic mass is 32.2. The minimum absolute atomic E-state index is 0.300. The molecule has 1 aromatic heterocycles. The normalized spacial score (nSPS) is 11.3. The van der Waals surface area contributed by atoms with Gasteiger partial charge in [-0.15, -0.1) is 0 Å². The summed E-state index contributed by atoms with van der Waals surface area (Å²) in [6, 6.07) is 12.0. The van der Waals surface area contributed by atoms with Crippen molar-refractivity contribution in [3.63, 3.8) is 0 Å². The number of nitrogens with zero attached hydrogens (tertiary/aromatic N) is 1. The van der Waals surface area contributed by atoms with Crippen LogP contribution >= 0.6 is 0 Å². The molecule has 0 aliphatic heterocycles. The molecule has 0 fully saturated rings. The number of benzene rings is 1. The zero-order chi connectivity index (χ0) is 11.6. The van der Waals surface area contributed by atoms with E-state index in [0.717, 1.165) is 5.56 Å². The highest BCUT2D eigenvalue weighted by Gasteiger charge is 2.23. The zero-order valence-electron chi connectivity index (χ0n) is 8.87. The standard InChI is InChI=1S/C12H12NO2S/c1-11-5-7-12(8-6-11)16(14,15)13-9-3-2-4-10-13/h2-10H,1H3/q+1. The highest BCUT2D eigenvalue weighted by molar-refractivity contribution is 7.85. The van der Waals surface area contributed by atoms with Gasteiger partial charge in [0.2, 0.25) is 0 Å². The molecule has 0 aliphatic carbocycles. The van der Waals surface area contributed by atoms with Crippen LogP contribution in [0.25, 0.3) is 0 Å². The minimum atomic E-state index is -3.44. The molecule has 1 aromatic carbocycles. The van der Waals surface area contributed by atoms with E-state index in [1.807, 2.05) is 6.92 Å². The highest BCUT2D eigenvalue weighted by Crippen LogP contribution is 2.09. The first-order valence-corrected chi connectivity index (χ1v) is 6.33. The maximum absolute atomic E-state index is 12.1. The largest absolute Gasteiger partial charge is 0.399 e. The van der Waals surface area contributed by atoms with Gasteiger partial charge in [0.1, 0.15) is 4.90 Å². The van der Waals surface area contributed by atoms with Crippen molar-refractivity contribution in [2.24, 2.45) is 0 Å². The predicted molar refractivity (Wildman–Crippen MR) is 60.4 cm³/mol. The molecule has 0 unspecified atom stereocenters. The Bertz CT molecular complexity index is 574. The van der Waals surface area contributed by atoms with E-state index < -0.39 is 10.0 Å². The number of hydrogen-bond donors (Lipinski definition) is 0. The third-order valence-corrected chi connectivity index (χ3v) is 3.95. The van der Waals surface area contributed by atoms with Crippen LogP contribution in [0.5, 0.6) is 0 Å². The van der Waals surface area contributed by atoms with Crippen LogP contribution in [-0.2, 0) is 10.0 Å². The average molecular weight is 234 g/mol. The lowest BCUT2D eigenvalue weighted by atomic mass is 10.2. The Morgan fingerprint density at radius 3 is 2.06 bits per heavy atom. The first kappa shape index (κ1) is 10.8. The fraction of sp³-hybridized carbons (Fsp3) is 0.0833. The zero-order valence-corrected chi connectivity index (χ0v) is 9.68. The van der Waals surface area contributed by atoms with Crippen LogP contribution in [0.4, 0.5) is 0 Å². The maximum Gasteiger partial charge on any atom is 0.399 e. The molecule has 2 aromatic rings. The second kappa shape index (κ2) is 4.06. The maximum atomic E-state index is 12.1. The summed E-state index contributed by atoms with van der Waals surface area (Å²) in [5, 5.41) is 0. The van der Waals surface area contributed by atoms with Crippen molar-refractivity contribution in [2.45, 2.75) is 11.8 Å². The molecule has 0 radical (unpaired) electrons. The number of rotatable bonds is 2. The van der Waals surface area contributed by atoms with Gasteiger partial charge in [0.25, 0.3) is 0 Å². The third-order valence-electron chi connectivity index (χ3n) is 2.28. The monoisotopic (exact) mass is 234 g/mol. The third kappa shape index (κ3) is 1.97. The Hall–Kier alpha value is -1.68. The molecular weight excluding hydrogens is 222 g/mol. The van der Waals surface area contributed by atoms with Gasteiger partial charge in [-0.1, -0.05) is 27.7 Å². The molecule has 4 heteroatoms. The summed E-state index contributed by atoms with van der Waals surface area (Å²) >= 11 is 0. The second-order valence-corrected chi connectivity index (χ2v) is 5.37. The number of aromatic nitrogens is 1. The van der Waals surface area contributed by atoms with Crippen LogP contribution in [-0.4, -0.2) is 8.42 Å². The van der Waals surface area contributed by atoms with Crippen molar-refractivity contribution < 1.29 is 12.4 Å². The molecule has 82 valence electrons. The summed E-state index contributed by atoms with van der Waals surface area (Å²) in [7, 11) is -3.44. The molecule has 0 atom stereocenters. The van der Waals surface area contributed by atoms with E-state index in [1.165, 1.54) is 16.4 Å². The predicted octanol–water partition coefficient (Wildman–Crippen LogP) is 1.52. The lowest BCUT2D eigenvalue weighted by Crippen LogP contribution is -2.41. The van der Waals surface area contributed by atoms with Gasteiger partial charge in [0.05, 0.1) is 0 Å². The Labute approximate surface area is 95.0 Å². The molecule has 0 amide bonds. The molecule has 3 nitrogen and oxygen atoms in total. The van der Waals surface area contributed by atoms with Crippen molar-refractivity contribution in [3.05, 3.63) is 60.4 Å². The first-order valence-electron chi connectivity index (χ1n) is 4.89. The Balaban J connectivity index is 2.52. The number of pyridine rings is 1. The summed E-state index contributed by atoms with van der Waals surface area (Å²) in [5.41, 5.74) is 1.04. The molecule has 0 saturated carbocycles. The number of aryl methyl sites for hydroxylation is 1. The van der Waals surface area contributed by atoms with E-state index in [0.29, 0.717) is 4.90 Å². The molecule has 16 heavy (non-hydrogen) atoms. The Morgan fingerprint density at radius 2 is 1.50 bits per heavy atom. The molecule has 0 spiro atoms. The van der Waals surface area contributed by atoms with Crippen molar-refractivity contribution in [1.82, 2.24) is 0 Å². The van der Waals surface area contributed by atoms with E-state index in [9.17, 15) is 8.42 Å². The SMILES string of the molecule is Cc1ccc(S(=O)(=O)[n+]2ccccc2)cc1. The molecule has 0 N–H and O–H groups in total. The van der Waals surface area contributed by atoms with Crippen molar-refractivity contribution in [3.8, 4) is 0 Å². The smallest absolute Gasteiger partial charge is 0.158 e. The first-order chi connectivity index (χ1) is 7.60. The Morgan fingerprint density at radius 1 is 0.938 bits per heavy atom. The van der Waals surface area contributed by atoms with E-state index in [4.69, 9.17) is 0 Å². The summed E-state index contributed by atoms with van der Waals surface area (Å²) < 4.78 is 25.4. The molecule has 2 rings (SSSR count). The van der Waals surface area contributed by atoms with Gasteiger partial charge in [-0.2, -0.15) is 8.42 Å². The van der Waals surface area contributed by atoms with E-state index in [1.54, 1.807) is 42.5 Å². The van der Waals surface area contributed by atoms with Crippen molar-refractivity contribution >= 4 is 10.0 Å².